The highest BCUT2D eigenvalue weighted by atomic mass is 28.4. The van der Waals surface area contributed by atoms with Gasteiger partial charge in [0.2, 0.25) is 0 Å². The number of hydrogen-bond donors (Lipinski definition) is 0. The van der Waals surface area contributed by atoms with Gasteiger partial charge < -0.3 is 4.43 Å². The SMILES string of the molecule is C=CCC[C@]1(O[Si](C)(C)C(C)(C)C)CCCC(C=C)C1. The lowest BCUT2D eigenvalue weighted by Crippen LogP contribution is -2.51. The summed E-state index contributed by atoms with van der Waals surface area (Å²) in [6, 6.07) is 0. The standard InChI is InChI=1S/C18H34OSi/c1-8-10-13-18(14-11-12-16(9-2)15-18)19-20(6,7)17(3,4)5/h8-9,16H,1-2,10-15H2,3-7H3/t16?,18-/m0/s1. The van der Waals surface area contributed by atoms with E-state index in [4.69, 9.17) is 4.43 Å². The van der Waals surface area contributed by atoms with Crippen LogP contribution in [0.25, 0.3) is 0 Å². The fourth-order valence-corrected chi connectivity index (χ4v) is 4.68. The molecule has 1 rings (SSSR count). The molecule has 1 nitrogen and oxygen atoms in total. The smallest absolute Gasteiger partial charge is 0.192 e. The van der Waals surface area contributed by atoms with Crippen LogP contribution in [0.4, 0.5) is 0 Å². The van der Waals surface area contributed by atoms with Crippen molar-refractivity contribution in [3.63, 3.8) is 0 Å². The maximum atomic E-state index is 6.91. The van der Waals surface area contributed by atoms with Gasteiger partial charge in [-0.15, -0.1) is 13.2 Å². The van der Waals surface area contributed by atoms with E-state index in [0.29, 0.717) is 5.92 Å². The van der Waals surface area contributed by atoms with Gasteiger partial charge in [-0.1, -0.05) is 39.3 Å². The maximum absolute atomic E-state index is 6.91. The Hall–Kier alpha value is -0.343. The topological polar surface area (TPSA) is 9.23 Å². The highest BCUT2D eigenvalue weighted by Gasteiger charge is 2.45. The largest absolute Gasteiger partial charge is 0.411 e. The molecule has 2 heteroatoms. The predicted molar refractivity (Wildman–Crippen MR) is 92.6 cm³/mol. The first-order chi connectivity index (χ1) is 9.16. The van der Waals surface area contributed by atoms with Crippen LogP contribution >= 0.6 is 0 Å². The first-order valence-electron chi connectivity index (χ1n) is 8.09. The second-order valence-corrected chi connectivity index (χ2v) is 12.7. The van der Waals surface area contributed by atoms with Crippen LogP contribution in [0.15, 0.2) is 25.3 Å². The molecular formula is C18H34OSi. The fourth-order valence-electron chi connectivity index (χ4n) is 3.00. The summed E-state index contributed by atoms with van der Waals surface area (Å²) in [7, 11) is -1.73. The molecule has 0 spiro atoms. The normalized spacial score (nSPS) is 28.1. The van der Waals surface area contributed by atoms with Gasteiger partial charge in [-0.05, 0) is 56.2 Å². The molecule has 116 valence electrons. The van der Waals surface area contributed by atoms with Crippen LogP contribution in [0.2, 0.25) is 18.1 Å². The lowest BCUT2D eigenvalue weighted by atomic mass is 9.76. The summed E-state index contributed by atoms with van der Waals surface area (Å²) in [5, 5.41) is 0.273. The first-order valence-corrected chi connectivity index (χ1v) is 11.0. The van der Waals surface area contributed by atoms with Gasteiger partial charge in [0.1, 0.15) is 0 Å². The van der Waals surface area contributed by atoms with Crippen LogP contribution in [0, 0.1) is 5.92 Å². The molecule has 1 aliphatic rings. The molecule has 1 aliphatic carbocycles. The van der Waals surface area contributed by atoms with Crippen molar-refractivity contribution in [3.05, 3.63) is 25.3 Å². The van der Waals surface area contributed by atoms with E-state index >= 15 is 0 Å². The van der Waals surface area contributed by atoms with Gasteiger partial charge in [0.25, 0.3) is 0 Å². The molecule has 0 amide bonds. The van der Waals surface area contributed by atoms with Crippen molar-refractivity contribution in [2.45, 2.75) is 83.0 Å². The third-order valence-corrected chi connectivity index (χ3v) is 9.81. The average molecular weight is 295 g/mol. The second-order valence-electron chi connectivity index (χ2n) is 7.96. The van der Waals surface area contributed by atoms with E-state index in [0.717, 1.165) is 19.3 Å². The molecule has 1 fully saturated rings. The third kappa shape index (κ3) is 4.32. The minimum atomic E-state index is -1.73. The van der Waals surface area contributed by atoms with E-state index in [-0.39, 0.29) is 10.6 Å². The van der Waals surface area contributed by atoms with Crippen molar-refractivity contribution in [1.29, 1.82) is 0 Å². The molecule has 0 saturated heterocycles. The number of rotatable bonds is 6. The monoisotopic (exact) mass is 294 g/mol. The Morgan fingerprint density at radius 1 is 1.30 bits per heavy atom. The van der Waals surface area contributed by atoms with Gasteiger partial charge in [0, 0.05) is 0 Å². The van der Waals surface area contributed by atoms with Crippen molar-refractivity contribution in [1.82, 2.24) is 0 Å². The summed E-state index contributed by atoms with van der Waals surface area (Å²) < 4.78 is 6.91. The Kier molecular flexibility index (Phi) is 5.86. The summed E-state index contributed by atoms with van der Waals surface area (Å²) in [4.78, 5) is 0. The van der Waals surface area contributed by atoms with Crippen molar-refractivity contribution in [2.24, 2.45) is 5.92 Å². The van der Waals surface area contributed by atoms with Crippen molar-refractivity contribution < 1.29 is 4.43 Å². The van der Waals surface area contributed by atoms with Crippen molar-refractivity contribution in [2.75, 3.05) is 0 Å². The molecule has 0 heterocycles. The lowest BCUT2D eigenvalue weighted by Gasteiger charge is -2.49. The molecular weight excluding hydrogens is 260 g/mol. The molecule has 0 aromatic heterocycles. The summed E-state index contributed by atoms with van der Waals surface area (Å²) in [5.41, 5.74) is 0.0638. The highest BCUT2D eigenvalue weighted by molar-refractivity contribution is 6.74. The van der Waals surface area contributed by atoms with Gasteiger partial charge in [-0.3, -0.25) is 0 Å². The molecule has 2 atom stereocenters. The zero-order valence-electron chi connectivity index (χ0n) is 14.3. The Labute approximate surface area is 127 Å². The third-order valence-electron chi connectivity index (χ3n) is 5.26. The van der Waals surface area contributed by atoms with Gasteiger partial charge in [0.05, 0.1) is 5.60 Å². The Morgan fingerprint density at radius 2 is 1.95 bits per heavy atom. The maximum Gasteiger partial charge on any atom is 0.192 e. The van der Waals surface area contributed by atoms with Crippen LogP contribution in [0.1, 0.15) is 59.3 Å². The molecule has 0 aromatic carbocycles. The van der Waals surface area contributed by atoms with Gasteiger partial charge in [0.15, 0.2) is 8.32 Å². The Balaban J connectivity index is 2.93. The lowest BCUT2D eigenvalue weighted by molar-refractivity contribution is -0.00260. The van der Waals surface area contributed by atoms with Crippen molar-refractivity contribution >= 4 is 8.32 Å². The zero-order chi connectivity index (χ0) is 15.4. The minimum Gasteiger partial charge on any atom is -0.411 e. The van der Waals surface area contributed by atoms with Crippen LogP contribution < -0.4 is 0 Å². The van der Waals surface area contributed by atoms with Crippen LogP contribution in [-0.4, -0.2) is 13.9 Å². The van der Waals surface area contributed by atoms with Crippen LogP contribution in [-0.2, 0) is 4.43 Å². The minimum absolute atomic E-state index is 0.0638. The van der Waals surface area contributed by atoms with Crippen LogP contribution in [0.3, 0.4) is 0 Å². The molecule has 0 N–H and O–H groups in total. The van der Waals surface area contributed by atoms with Gasteiger partial charge in [-0.25, -0.2) is 0 Å². The number of allylic oxidation sites excluding steroid dienone is 2. The predicted octanol–water partition coefficient (Wildman–Crippen LogP) is 6.09. The van der Waals surface area contributed by atoms with E-state index in [1.165, 1.54) is 19.3 Å². The van der Waals surface area contributed by atoms with E-state index in [2.05, 4.69) is 53.1 Å². The molecule has 1 saturated carbocycles. The average Bonchev–Trinajstić information content (AvgIpc) is 2.34. The van der Waals surface area contributed by atoms with E-state index in [9.17, 15) is 0 Å². The van der Waals surface area contributed by atoms with E-state index < -0.39 is 8.32 Å². The van der Waals surface area contributed by atoms with E-state index in [1.807, 2.05) is 6.08 Å². The first kappa shape index (κ1) is 17.7. The summed E-state index contributed by atoms with van der Waals surface area (Å²) in [5.74, 6) is 0.623. The Bertz CT molecular complexity index is 340. The van der Waals surface area contributed by atoms with E-state index in [1.54, 1.807) is 0 Å². The quantitative estimate of drug-likeness (QED) is 0.425. The highest BCUT2D eigenvalue weighted by Crippen LogP contribution is 2.46. The van der Waals surface area contributed by atoms with Gasteiger partial charge in [-0.2, -0.15) is 0 Å². The Morgan fingerprint density at radius 3 is 2.45 bits per heavy atom. The molecule has 0 bridgehead atoms. The molecule has 20 heavy (non-hydrogen) atoms. The summed E-state index contributed by atoms with van der Waals surface area (Å²) >= 11 is 0. The second kappa shape index (κ2) is 6.61. The molecule has 0 aliphatic heterocycles. The summed E-state index contributed by atoms with van der Waals surface area (Å²) in [6.45, 7) is 19.6. The molecule has 0 aromatic rings. The van der Waals surface area contributed by atoms with Gasteiger partial charge >= 0.3 is 0 Å². The zero-order valence-corrected chi connectivity index (χ0v) is 15.3. The fraction of sp³-hybridized carbons (Fsp3) is 0.778. The van der Waals surface area contributed by atoms with Crippen LogP contribution in [0.5, 0.6) is 0 Å². The summed E-state index contributed by atoms with van der Waals surface area (Å²) in [6.07, 6.45) is 11.2. The molecule has 1 unspecified atom stereocenters. The number of hydrogen-bond acceptors (Lipinski definition) is 1. The van der Waals surface area contributed by atoms with Crippen molar-refractivity contribution in [3.8, 4) is 0 Å². The molecule has 0 radical (unpaired) electrons.